The number of likely N-dealkylation sites (tertiary alicyclic amines) is 1. The quantitative estimate of drug-likeness (QED) is 0.270. The lowest BCUT2D eigenvalue weighted by Gasteiger charge is -2.18. The van der Waals surface area contributed by atoms with Crippen LogP contribution in [0.4, 0.5) is 13.2 Å². The molecule has 0 spiro atoms. The second-order valence-corrected chi connectivity index (χ2v) is 8.86. The average Bonchev–Trinajstić information content (AvgIpc) is 3.53. The van der Waals surface area contributed by atoms with Gasteiger partial charge in [-0.25, -0.2) is 9.37 Å². The third kappa shape index (κ3) is 4.60. The van der Waals surface area contributed by atoms with E-state index in [2.05, 4.69) is 16.8 Å². The van der Waals surface area contributed by atoms with Crippen LogP contribution < -0.4 is 0 Å². The number of alkyl halides is 2. The molecule has 0 saturated carbocycles. The number of hydrogen-bond acceptors (Lipinski definition) is 3. The number of aromatic nitrogens is 2. The lowest BCUT2D eigenvalue weighted by atomic mass is 9.95. The first-order valence-electron chi connectivity index (χ1n) is 11.8. The summed E-state index contributed by atoms with van der Waals surface area (Å²) in [7, 11) is 0. The Morgan fingerprint density at radius 1 is 1.08 bits per heavy atom. The molecule has 3 aromatic carbocycles. The number of rotatable bonds is 5. The maximum absolute atomic E-state index is 13.9. The number of carbonyl (C=O) groups excluding carboxylic acids is 1. The molecule has 1 N–H and O–H groups in total. The van der Waals surface area contributed by atoms with Gasteiger partial charge in [-0.1, -0.05) is 36.3 Å². The van der Waals surface area contributed by atoms with Gasteiger partial charge in [0.2, 0.25) is 0 Å². The molecular weight excluding hydrogens is 477 g/mol. The highest BCUT2D eigenvalue weighted by molar-refractivity contribution is 6.12. The van der Waals surface area contributed by atoms with E-state index in [-0.39, 0.29) is 29.9 Å². The lowest BCUT2D eigenvalue weighted by molar-refractivity contribution is 0.0700. The minimum Gasteiger partial charge on any atom is -0.338 e. The monoisotopic (exact) mass is 500 g/mol. The molecule has 1 aliphatic heterocycles. The number of nitrogens with zero attached hydrogens (tertiary/aromatic N) is 3. The average molecular weight is 501 g/mol. The van der Waals surface area contributed by atoms with Crippen molar-refractivity contribution in [1.82, 2.24) is 14.5 Å². The zero-order chi connectivity index (χ0) is 26.1. The van der Waals surface area contributed by atoms with Crippen LogP contribution in [-0.2, 0) is 0 Å². The molecule has 186 valence electrons. The summed E-state index contributed by atoms with van der Waals surface area (Å²) in [5.74, 6) is 5.03. The molecule has 1 aliphatic rings. The van der Waals surface area contributed by atoms with E-state index in [1.54, 1.807) is 60.4 Å². The van der Waals surface area contributed by atoms with Crippen LogP contribution in [-0.4, -0.2) is 39.2 Å². The molecular formula is C29H23F3N4O. The van der Waals surface area contributed by atoms with Crippen molar-refractivity contribution in [1.29, 1.82) is 5.41 Å². The number of amides is 1. The molecule has 5 rings (SSSR count). The Morgan fingerprint density at radius 2 is 1.89 bits per heavy atom. The molecule has 1 amide bonds. The van der Waals surface area contributed by atoms with Crippen molar-refractivity contribution in [3.63, 3.8) is 0 Å². The van der Waals surface area contributed by atoms with Gasteiger partial charge in [0.25, 0.3) is 5.91 Å². The van der Waals surface area contributed by atoms with Crippen LogP contribution >= 0.6 is 0 Å². The summed E-state index contributed by atoms with van der Waals surface area (Å²) in [6.07, 6.45) is 0.520. The number of benzene rings is 3. The number of fused-ring (bicyclic) bond motifs is 1. The first-order valence-corrected chi connectivity index (χ1v) is 11.8. The molecule has 8 heteroatoms. The zero-order valence-electron chi connectivity index (χ0n) is 20.0. The maximum Gasteiger partial charge on any atom is 0.320 e. The topological polar surface area (TPSA) is 62.0 Å². The molecule has 37 heavy (non-hydrogen) atoms. The number of para-hydroxylation sites is 2. The molecule has 1 atom stereocenters. The lowest BCUT2D eigenvalue weighted by Crippen LogP contribution is -2.29. The highest BCUT2D eigenvalue weighted by Gasteiger charge is 2.33. The van der Waals surface area contributed by atoms with Gasteiger partial charge in [-0.3, -0.25) is 14.8 Å². The Bertz CT molecular complexity index is 1580. The Hall–Kier alpha value is -4.38. The molecule has 1 fully saturated rings. The van der Waals surface area contributed by atoms with E-state index < -0.39 is 12.4 Å². The molecule has 0 radical (unpaired) electrons. The minimum absolute atomic E-state index is 0.100. The van der Waals surface area contributed by atoms with Gasteiger partial charge in [0.1, 0.15) is 11.6 Å². The first-order chi connectivity index (χ1) is 17.9. The van der Waals surface area contributed by atoms with Gasteiger partial charge in [-0.15, -0.1) is 5.92 Å². The van der Waals surface area contributed by atoms with Crippen molar-refractivity contribution in [2.75, 3.05) is 13.1 Å². The van der Waals surface area contributed by atoms with E-state index in [0.29, 0.717) is 46.3 Å². The van der Waals surface area contributed by atoms with Gasteiger partial charge < -0.3 is 4.90 Å². The third-order valence-electron chi connectivity index (χ3n) is 6.57. The normalized spacial score (nSPS) is 15.2. The highest BCUT2D eigenvalue weighted by Crippen LogP contribution is 2.33. The number of nitrogens with one attached hydrogen (secondary N) is 1. The summed E-state index contributed by atoms with van der Waals surface area (Å²) in [5, 5.41) is 8.55. The van der Waals surface area contributed by atoms with Crippen molar-refractivity contribution in [2.45, 2.75) is 25.8 Å². The maximum atomic E-state index is 13.9. The Morgan fingerprint density at radius 3 is 2.65 bits per heavy atom. The van der Waals surface area contributed by atoms with E-state index in [1.807, 2.05) is 0 Å². The number of imidazole rings is 1. The fourth-order valence-corrected chi connectivity index (χ4v) is 4.83. The predicted octanol–water partition coefficient (Wildman–Crippen LogP) is 5.99. The number of halogens is 3. The largest absolute Gasteiger partial charge is 0.338 e. The molecule has 5 nitrogen and oxygen atoms in total. The van der Waals surface area contributed by atoms with Gasteiger partial charge >= 0.3 is 6.55 Å². The Labute approximate surface area is 212 Å². The molecule has 0 aliphatic carbocycles. The molecule has 1 unspecified atom stereocenters. The fraction of sp³-hybridized carbons (Fsp3) is 0.207. The molecule has 1 saturated heterocycles. The SMILES string of the molecule is CC#Cc1cc(C(=O)N2CCC(c3nc4ccccc4n3C(F)F)C2)ccc1C(=N)c1cccc(F)c1. The molecule has 2 heterocycles. The fourth-order valence-electron chi connectivity index (χ4n) is 4.83. The van der Waals surface area contributed by atoms with Crippen LogP contribution in [0.5, 0.6) is 0 Å². The van der Waals surface area contributed by atoms with Gasteiger partial charge in [-0.05, 0) is 49.7 Å². The van der Waals surface area contributed by atoms with Crippen LogP contribution in [0.15, 0.2) is 66.7 Å². The van der Waals surface area contributed by atoms with Crippen molar-refractivity contribution in [2.24, 2.45) is 0 Å². The van der Waals surface area contributed by atoms with Gasteiger partial charge in [-0.2, -0.15) is 8.78 Å². The summed E-state index contributed by atoms with van der Waals surface area (Å²) in [5.41, 5.74) is 2.74. The van der Waals surface area contributed by atoms with Gasteiger partial charge in [0, 0.05) is 41.3 Å². The summed E-state index contributed by atoms with van der Waals surface area (Å²) in [4.78, 5) is 19.5. The highest BCUT2D eigenvalue weighted by atomic mass is 19.3. The van der Waals surface area contributed by atoms with E-state index in [4.69, 9.17) is 5.41 Å². The Balaban J connectivity index is 1.41. The predicted molar refractivity (Wildman–Crippen MR) is 136 cm³/mol. The Kier molecular flexibility index (Phi) is 6.53. The third-order valence-corrected chi connectivity index (χ3v) is 6.57. The van der Waals surface area contributed by atoms with Crippen molar-refractivity contribution in [3.8, 4) is 11.8 Å². The molecule has 4 aromatic rings. The van der Waals surface area contributed by atoms with Crippen LogP contribution in [0, 0.1) is 23.1 Å². The first kappa shape index (κ1) is 24.3. The van der Waals surface area contributed by atoms with E-state index in [1.165, 1.54) is 18.2 Å². The smallest absolute Gasteiger partial charge is 0.320 e. The summed E-state index contributed by atoms with van der Waals surface area (Å²) in [6.45, 7) is -0.399. The van der Waals surface area contributed by atoms with Crippen molar-refractivity contribution >= 4 is 22.7 Å². The summed E-state index contributed by atoms with van der Waals surface area (Å²) in [6, 6.07) is 17.4. The van der Waals surface area contributed by atoms with Crippen molar-refractivity contribution < 1.29 is 18.0 Å². The zero-order valence-corrected chi connectivity index (χ0v) is 20.0. The van der Waals surface area contributed by atoms with E-state index in [0.717, 1.165) is 4.57 Å². The van der Waals surface area contributed by atoms with Crippen LogP contribution in [0.1, 0.15) is 58.7 Å². The number of carbonyl (C=O) groups is 1. The molecule has 0 bridgehead atoms. The van der Waals surface area contributed by atoms with Crippen molar-refractivity contribution in [3.05, 3.63) is 101 Å². The molecule has 1 aromatic heterocycles. The summed E-state index contributed by atoms with van der Waals surface area (Å²) >= 11 is 0. The number of hydrogen-bond donors (Lipinski definition) is 1. The second-order valence-electron chi connectivity index (χ2n) is 8.86. The standard InChI is InChI=1S/C29H23F3N4O/c1-2-6-18-15-20(11-12-23(18)26(33)19-7-5-8-22(30)16-19)28(37)35-14-13-21(17-35)27-34-24-9-3-4-10-25(24)36(27)29(31)32/h3-5,7-12,15-16,21,29,33H,13-14,17H2,1H3. The van der Waals surface area contributed by atoms with Crippen LogP contribution in [0.2, 0.25) is 0 Å². The second kappa shape index (κ2) is 9.94. The van der Waals surface area contributed by atoms with Gasteiger partial charge in [0.15, 0.2) is 0 Å². The van der Waals surface area contributed by atoms with E-state index >= 15 is 0 Å². The minimum atomic E-state index is -2.73. The van der Waals surface area contributed by atoms with Gasteiger partial charge in [0.05, 0.1) is 16.7 Å². The van der Waals surface area contributed by atoms with Crippen LogP contribution in [0.3, 0.4) is 0 Å². The summed E-state index contributed by atoms with van der Waals surface area (Å²) < 4.78 is 42.5. The van der Waals surface area contributed by atoms with Crippen LogP contribution in [0.25, 0.3) is 11.0 Å². The van der Waals surface area contributed by atoms with E-state index in [9.17, 15) is 18.0 Å².